The summed E-state index contributed by atoms with van der Waals surface area (Å²) < 4.78 is 5.58. The second-order valence-electron chi connectivity index (χ2n) is 3.78. The number of nitrogens with zero attached hydrogens (tertiary/aromatic N) is 2. The Labute approximate surface area is 111 Å². The highest BCUT2D eigenvalue weighted by Gasteiger charge is 2.04. The Morgan fingerprint density at radius 1 is 1.28 bits per heavy atom. The van der Waals surface area contributed by atoms with E-state index in [4.69, 9.17) is 22.1 Å². The molecule has 5 heteroatoms. The van der Waals surface area contributed by atoms with Gasteiger partial charge in [0.2, 0.25) is 5.88 Å². The summed E-state index contributed by atoms with van der Waals surface area (Å²) in [4.78, 5) is 8.33. The van der Waals surface area contributed by atoms with Crippen molar-refractivity contribution in [2.45, 2.75) is 20.0 Å². The van der Waals surface area contributed by atoms with Crippen LogP contribution in [-0.4, -0.2) is 9.97 Å². The van der Waals surface area contributed by atoms with E-state index in [0.717, 1.165) is 5.56 Å². The molecular weight excluding hydrogens is 250 g/mol. The molecule has 0 aliphatic carbocycles. The van der Waals surface area contributed by atoms with Gasteiger partial charge >= 0.3 is 0 Å². The molecule has 2 aromatic rings. The molecule has 1 aromatic heterocycles. The van der Waals surface area contributed by atoms with E-state index in [1.54, 1.807) is 6.07 Å². The summed E-state index contributed by atoms with van der Waals surface area (Å²) in [5.74, 6) is 1.56. The Morgan fingerprint density at radius 3 is 2.78 bits per heavy atom. The molecule has 0 saturated heterocycles. The Bertz CT molecular complexity index is 546. The van der Waals surface area contributed by atoms with Crippen LogP contribution >= 0.6 is 11.6 Å². The Kier molecular flexibility index (Phi) is 3.99. The molecule has 2 N–H and O–H groups in total. The van der Waals surface area contributed by atoms with Crippen molar-refractivity contribution in [1.82, 2.24) is 9.97 Å². The third kappa shape index (κ3) is 3.11. The summed E-state index contributed by atoms with van der Waals surface area (Å²) in [6, 6.07) is 9.13. The highest BCUT2D eigenvalue weighted by molar-refractivity contribution is 6.31. The zero-order valence-electron chi connectivity index (χ0n) is 10.1. The van der Waals surface area contributed by atoms with E-state index in [0.29, 0.717) is 35.6 Å². The number of hydrogen-bond donors (Lipinski definition) is 1. The number of hydrogen-bond acceptors (Lipinski definition) is 4. The molecule has 0 aliphatic rings. The SMILES string of the molecule is CCc1nc(N)cc(OCc2ccccc2Cl)n1. The third-order valence-electron chi connectivity index (χ3n) is 2.42. The van der Waals surface area contributed by atoms with E-state index in [9.17, 15) is 0 Å². The number of nitrogens with two attached hydrogens (primary N) is 1. The summed E-state index contributed by atoms with van der Waals surface area (Å²) in [5.41, 5.74) is 6.59. The lowest BCUT2D eigenvalue weighted by Crippen LogP contribution is -2.03. The van der Waals surface area contributed by atoms with Gasteiger partial charge in [0.15, 0.2) is 0 Å². The lowest BCUT2D eigenvalue weighted by Gasteiger charge is -2.08. The van der Waals surface area contributed by atoms with E-state index < -0.39 is 0 Å². The van der Waals surface area contributed by atoms with Gasteiger partial charge in [-0.2, -0.15) is 4.98 Å². The predicted molar refractivity (Wildman–Crippen MR) is 71.6 cm³/mol. The fourth-order valence-electron chi connectivity index (χ4n) is 1.49. The highest BCUT2D eigenvalue weighted by atomic mass is 35.5. The molecule has 2 rings (SSSR count). The molecule has 0 fully saturated rings. The van der Waals surface area contributed by atoms with Crippen LogP contribution < -0.4 is 10.5 Å². The van der Waals surface area contributed by atoms with Crippen LogP contribution in [0, 0.1) is 0 Å². The van der Waals surface area contributed by atoms with Gasteiger partial charge in [0, 0.05) is 23.1 Å². The zero-order valence-corrected chi connectivity index (χ0v) is 10.8. The Morgan fingerprint density at radius 2 is 2.06 bits per heavy atom. The van der Waals surface area contributed by atoms with Crippen LogP contribution in [-0.2, 0) is 13.0 Å². The number of ether oxygens (including phenoxy) is 1. The van der Waals surface area contributed by atoms with Gasteiger partial charge in [0.25, 0.3) is 0 Å². The molecule has 0 atom stereocenters. The largest absolute Gasteiger partial charge is 0.473 e. The van der Waals surface area contributed by atoms with E-state index in [-0.39, 0.29) is 0 Å². The van der Waals surface area contributed by atoms with Gasteiger partial charge < -0.3 is 10.5 Å². The average Bonchev–Trinajstić information content (AvgIpc) is 2.37. The Balaban J connectivity index is 2.11. The van der Waals surface area contributed by atoms with E-state index in [2.05, 4.69) is 9.97 Å². The molecule has 1 heterocycles. The minimum absolute atomic E-state index is 0.360. The van der Waals surface area contributed by atoms with Gasteiger partial charge in [-0.15, -0.1) is 0 Å². The van der Waals surface area contributed by atoms with Crippen LogP contribution in [0.4, 0.5) is 5.82 Å². The molecule has 0 spiro atoms. The topological polar surface area (TPSA) is 61.0 Å². The lowest BCUT2D eigenvalue weighted by molar-refractivity contribution is 0.292. The van der Waals surface area contributed by atoms with Gasteiger partial charge in [-0.1, -0.05) is 36.7 Å². The van der Waals surface area contributed by atoms with Crippen LogP contribution in [0.1, 0.15) is 18.3 Å². The van der Waals surface area contributed by atoms with Gasteiger partial charge in [-0.05, 0) is 6.07 Å². The van der Waals surface area contributed by atoms with Crippen LogP contribution in [0.25, 0.3) is 0 Å². The molecular formula is C13H14ClN3O. The molecule has 94 valence electrons. The normalized spacial score (nSPS) is 10.3. The first-order valence-corrected chi connectivity index (χ1v) is 6.06. The quantitative estimate of drug-likeness (QED) is 0.921. The van der Waals surface area contributed by atoms with Crippen molar-refractivity contribution in [1.29, 1.82) is 0 Å². The molecule has 4 nitrogen and oxygen atoms in total. The fraction of sp³-hybridized carbons (Fsp3) is 0.231. The number of anilines is 1. The maximum absolute atomic E-state index is 6.04. The van der Waals surface area contributed by atoms with Crippen molar-refractivity contribution in [3.8, 4) is 5.88 Å². The minimum Gasteiger partial charge on any atom is -0.473 e. The van der Waals surface area contributed by atoms with Crippen LogP contribution in [0.5, 0.6) is 5.88 Å². The van der Waals surface area contributed by atoms with Gasteiger partial charge in [-0.3, -0.25) is 0 Å². The van der Waals surface area contributed by atoms with Gasteiger partial charge in [-0.25, -0.2) is 4.98 Å². The summed E-state index contributed by atoms with van der Waals surface area (Å²) >= 11 is 6.04. The number of rotatable bonds is 4. The second-order valence-corrected chi connectivity index (χ2v) is 4.19. The number of nitrogen functional groups attached to an aromatic ring is 1. The second kappa shape index (κ2) is 5.69. The molecule has 0 bridgehead atoms. The lowest BCUT2D eigenvalue weighted by atomic mass is 10.2. The molecule has 1 aromatic carbocycles. The zero-order chi connectivity index (χ0) is 13.0. The van der Waals surface area contributed by atoms with E-state index in [1.165, 1.54) is 0 Å². The minimum atomic E-state index is 0.360. The number of halogens is 1. The molecule has 18 heavy (non-hydrogen) atoms. The smallest absolute Gasteiger partial charge is 0.219 e. The first-order chi connectivity index (χ1) is 8.69. The summed E-state index contributed by atoms with van der Waals surface area (Å²) in [7, 11) is 0. The van der Waals surface area contributed by atoms with Gasteiger partial charge in [0.1, 0.15) is 18.2 Å². The van der Waals surface area contributed by atoms with Crippen molar-refractivity contribution in [2.24, 2.45) is 0 Å². The predicted octanol–water partition coefficient (Wildman–Crippen LogP) is 2.85. The van der Waals surface area contributed by atoms with Crippen molar-refractivity contribution >= 4 is 17.4 Å². The number of aromatic nitrogens is 2. The van der Waals surface area contributed by atoms with Crippen molar-refractivity contribution < 1.29 is 4.74 Å². The van der Waals surface area contributed by atoms with Crippen molar-refractivity contribution in [2.75, 3.05) is 5.73 Å². The van der Waals surface area contributed by atoms with Crippen LogP contribution in [0.2, 0.25) is 5.02 Å². The number of aryl methyl sites for hydroxylation is 1. The van der Waals surface area contributed by atoms with Crippen molar-refractivity contribution in [3.05, 3.63) is 46.7 Å². The molecule has 0 amide bonds. The summed E-state index contributed by atoms with van der Waals surface area (Å²) in [6.45, 7) is 2.33. The monoisotopic (exact) mass is 263 g/mol. The number of benzene rings is 1. The van der Waals surface area contributed by atoms with E-state index >= 15 is 0 Å². The Hall–Kier alpha value is -1.81. The van der Waals surface area contributed by atoms with Gasteiger partial charge in [0.05, 0.1) is 0 Å². The average molecular weight is 264 g/mol. The molecule has 0 aliphatic heterocycles. The highest BCUT2D eigenvalue weighted by Crippen LogP contribution is 2.18. The molecule has 0 unspecified atom stereocenters. The maximum Gasteiger partial charge on any atom is 0.219 e. The third-order valence-corrected chi connectivity index (χ3v) is 2.79. The summed E-state index contributed by atoms with van der Waals surface area (Å²) in [5, 5.41) is 0.676. The first-order valence-electron chi connectivity index (χ1n) is 5.68. The summed E-state index contributed by atoms with van der Waals surface area (Å²) in [6.07, 6.45) is 0.716. The fourth-order valence-corrected chi connectivity index (χ4v) is 1.68. The van der Waals surface area contributed by atoms with Crippen LogP contribution in [0.3, 0.4) is 0 Å². The molecule has 0 radical (unpaired) electrons. The van der Waals surface area contributed by atoms with Crippen LogP contribution in [0.15, 0.2) is 30.3 Å². The first kappa shape index (κ1) is 12.6. The van der Waals surface area contributed by atoms with Crippen molar-refractivity contribution in [3.63, 3.8) is 0 Å². The van der Waals surface area contributed by atoms with E-state index in [1.807, 2.05) is 31.2 Å². The molecule has 0 saturated carbocycles. The maximum atomic E-state index is 6.04. The standard InChI is InChI=1S/C13H14ClN3O/c1-2-12-16-11(15)7-13(17-12)18-8-9-5-3-4-6-10(9)14/h3-7H,2,8H2,1H3,(H2,15,16,17).